The number of hydrogen-bond acceptors (Lipinski definition) is 2. The molecule has 0 saturated carbocycles. The number of halogens is 2. The molecule has 0 bridgehead atoms. The molecule has 0 aliphatic heterocycles. The minimum atomic E-state index is -0.406. The van der Waals surface area contributed by atoms with Crippen LogP contribution in [0.2, 0.25) is 0 Å². The summed E-state index contributed by atoms with van der Waals surface area (Å²) in [5.74, 6) is -0.772. The lowest BCUT2D eigenvalue weighted by molar-refractivity contribution is 0.112. The largest absolute Gasteiger partial charge is 0.380 e. The summed E-state index contributed by atoms with van der Waals surface area (Å²) >= 11 is 0. The van der Waals surface area contributed by atoms with Crippen LogP contribution in [0.1, 0.15) is 25.8 Å². The summed E-state index contributed by atoms with van der Waals surface area (Å²) in [7, 11) is 0. The first-order valence-electron chi connectivity index (χ1n) is 6.42. The SMILES string of the molecule is CCCOCC(Cc1cc(F)ccc1F)NCC. The zero-order chi connectivity index (χ0) is 13.4. The fraction of sp³-hybridized carbons (Fsp3) is 0.571. The van der Waals surface area contributed by atoms with Crippen LogP contribution in [0.5, 0.6) is 0 Å². The average molecular weight is 257 g/mol. The number of hydrogen-bond donors (Lipinski definition) is 1. The zero-order valence-corrected chi connectivity index (χ0v) is 11.0. The number of likely N-dealkylation sites (N-methyl/N-ethyl adjacent to an activating group) is 1. The molecule has 1 unspecified atom stereocenters. The van der Waals surface area contributed by atoms with Crippen LogP contribution in [0.4, 0.5) is 8.78 Å². The van der Waals surface area contributed by atoms with E-state index in [1.807, 2.05) is 13.8 Å². The van der Waals surface area contributed by atoms with E-state index in [-0.39, 0.29) is 11.9 Å². The molecule has 0 amide bonds. The van der Waals surface area contributed by atoms with E-state index in [0.29, 0.717) is 25.2 Å². The van der Waals surface area contributed by atoms with Gasteiger partial charge in [0.25, 0.3) is 0 Å². The molecule has 0 aliphatic rings. The van der Waals surface area contributed by atoms with Gasteiger partial charge in [-0.3, -0.25) is 0 Å². The summed E-state index contributed by atoms with van der Waals surface area (Å²) in [6.45, 7) is 5.99. The number of ether oxygens (including phenoxy) is 1. The molecule has 1 rings (SSSR count). The van der Waals surface area contributed by atoms with Gasteiger partial charge in [0.15, 0.2) is 0 Å². The van der Waals surface area contributed by atoms with Gasteiger partial charge in [0.1, 0.15) is 11.6 Å². The van der Waals surface area contributed by atoms with E-state index < -0.39 is 5.82 Å². The normalized spacial score (nSPS) is 12.7. The lowest BCUT2D eigenvalue weighted by Gasteiger charge is -2.18. The minimum absolute atomic E-state index is 0.0119. The number of rotatable bonds is 8. The van der Waals surface area contributed by atoms with Crippen LogP contribution < -0.4 is 5.32 Å². The van der Waals surface area contributed by atoms with E-state index in [0.717, 1.165) is 19.0 Å². The monoisotopic (exact) mass is 257 g/mol. The third kappa shape index (κ3) is 5.10. The molecule has 18 heavy (non-hydrogen) atoms. The number of benzene rings is 1. The summed E-state index contributed by atoms with van der Waals surface area (Å²) in [6, 6.07) is 3.56. The Kier molecular flexibility index (Phi) is 6.83. The van der Waals surface area contributed by atoms with E-state index in [9.17, 15) is 8.78 Å². The molecule has 1 aromatic carbocycles. The topological polar surface area (TPSA) is 21.3 Å². The summed E-state index contributed by atoms with van der Waals surface area (Å²) in [4.78, 5) is 0. The zero-order valence-electron chi connectivity index (χ0n) is 11.0. The van der Waals surface area contributed by atoms with Crippen molar-refractivity contribution in [2.45, 2.75) is 32.7 Å². The summed E-state index contributed by atoms with van der Waals surface area (Å²) in [5.41, 5.74) is 0.390. The molecule has 0 heterocycles. The summed E-state index contributed by atoms with van der Waals surface area (Å²) in [6.07, 6.45) is 1.38. The van der Waals surface area contributed by atoms with Crippen LogP contribution in [0.25, 0.3) is 0 Å². The molecule has 0 saturated heterocycles. The maximum Gasteiger partial charge on any atom is 0.126 e. The highest BCUT2D eigenvalue weighted by molar-refractivity contribution is 5.19. The highest BCUT2D eigenvalue weighted by atomic mass is 19.1. The second kappa shape index (κ2) is 8.16. The second-order valence-electron chi connectivity index (χ2n) is 4.27. The second-order valence-corrected chi connectivity index (χ2v) is 4.27. The molecule has 0 aliphatic carbocycles. The Bertz CT molecular complexity index is 358. The molecule has 0 fully saturated rings. The van der Waals surface area contributed by atoms with Gasteiger partial charge in [-0.15, -0.1) is 0 Å². The lowest BCUT2D eigenvalue weighted by Crippen LogP contribution is -2.35. The molecule has 2 nitrogen and oxygen atoms in total. The van der Waals surface area contributed by atoms with Gasteiger partial charge in [0.2, 0.25) is 0 Å². The van der Waals surface area contributed by atoms with Gasteiger partial charge in [0, 0.05) is 12.6 Å². The molecule has 1 aromatic rings. The first kappa shape index (κ1) is 15.1. The molecule has 1 N–H and O–H groups in total. The highest BCUT2D eigenvalue weighted by Crippen LogP contribution is 2.12. The van der Waals surface area contributed by atoms with Crippen molar-refractivity contribution in [3.63, 3.8) is 0 Å². The van der Waals surface area contributed by atoms with Gasteiger partial charge in [0.05, 0.1) is 6.61 Å². The van der Waals surface area contributed by atoms with Crippen molar-refractivity contribution in [2.24, 2.45) is 0 Å². The van der Waals surface area contributed by atoms with Crippen LogP contribution >= 0.6 is 0 Å². The van der Waals surface area contributed by atoms with Crippen LogP contribution in [0, 0.1) is 11.6 Å². The molecule has 1 atom stereocenters. The standard InChI is InChI=1S/C14H21F2NO/c1-3-7-18-10-13(17-4-2)9-11-8-12(15)5-6-14(11)16/h5-6,8,13,17H,3-4,7,9-10H2,1-2H3. The van der Waals surface area contributed by atoms with Crippen LogP contribution in [0.3, 0.4) is 0 Å². The first-order chi connectivity index (χ1) is 8.67. The van der Waals surface area contributed by atoms with Crippen molar-refractivity contribution in [3.8, 4) is 0 Å². The van der Waals surface area contributed by atoms with Gasteiger partial charge in [-0.1, -0.05) is 13.8 Å². The van der Waals surface area contributed by atoms with Gasteiger partial charge in [-0.25, -0.2) is 8.78 Å². The Morgan fingerprint density at radius 1 is 1.28 bits per heavy atom. The van der Waals surface area contributed by atoms with Crippen molar-refractivity contribution in [1.82, 2.24) is 5.32 Å². The molecule has 0 aromatic heterocycles. The molecule has 0 radical (unpaired) electrons. The van der Waals surface area contributed by atoms with Gasteiger partial charge in [-0.05, 0) is 43.1 Å². The first-order valence-corrected chi connectivity index (χ1v) is 6.42. The van der Waals surface area contributed by atoms with Crippen molar-refractivity contribution in [2.75, 3.05) is 19.8 Å². The smallest absolute Gasteiger partial charge is 0.126 e. The van der Waals surface area contributed by atoms with Crippen molar-refractivity contribution >= 4 is 0 Å². The Morgan fingerprint density at radius 2 is 2.06 bits per heavy atom. The fourth-order valence-electron chi connectivity index (χ4n) is 1.81. The van der Waals surface area contributed by atoms with E-state index in [1.54, 1.807) is 0 Å². The fourth-order valence-corrected chi connectivity index (χ4v) is 1.81. The van der Waals surface area contributed by atoms with Crippen LogP contribution in [-0.4, -0.2) is 25.8 Å². The maximum atomic E-state index is 13.5. The van der Waals surface area contributed by atoms with E-state index in [4.69, 9.17) is 4.74 Å². The number of nitrogens with one attached hydrogen (secondary N) is 1. The van der Waals surface area contributed by atoms with Gasteiger partial charge < -0.3 is 10.1 Å². The van der Waals surface area contributed by atoms with Crippen molar-refractivity contribution < 1.29 is 13.5 Å². The van der Waals surface area contributed by atoms with Gasteiger partial charge >= 0.3 is 0 Å². The predicted molar refractivity (Wildman–Crippen MR) is 68.6 cm³/mol. The Morgan fingerprint density at radius 3 is 2.72 bits per heavy atom. The summed E-state index contributed by atoms with van der Waals surface area (Å²) in [5, 5.41) is 3.22. The Hall–Kier alpha value is -1.00. The van der Waals surface area contributed by atoms with Crippen molar-refractivity contribution in [3.05, 3.63) is 35.4 Å². The van der Waals surface area contributed by atoms with E-state index >= 15 is 0 Å². The molecule has 0 spiro atoms. The average Bonchev–Trinajstić information content (AvgIpc) is 2.34. The summed E-state index contributed by atoms with van der Waals surface area (Å²) < 4.78 is 32.1. The van der Waals surface area contributed by atoms with Gasteiger partial charge in [-0.2, -0.15) is 0 Å². The quantitative estimate of drug-likeness (QED) is 0.723. The molecule has 102 valence electrons. The molecular weight excluding hydrogens is 236 g/mol. The third-order valence-electron chi connectivity index (χ3n) is 2.63. The van der Waals surface area contributed by atoms with E-state index in [2.05, 4.69) is 5.32 Å². The Balaban J connectivity index is 2.60. The predicted octanol–water partition coefficient (Wildman–Crippen LogP) is 2.91. The van der Waals surface area contributed by atoms with Crippen LogP contribution in [-0.2, 0) is 11.2 Å². The van der Waals surface area contributed by atoms with Crippen LogP contribution in [0.15, 0.2) is 18.2 Å². The third-order valence-corrected chi connectivity index (χ3v) is 2.63. The highest BCUT2D eigenvalue weighted by Gasteiger charge is 2.12. The minimum Gasteiger partial charge on any atom is -0.380 e. The van der Waals surface area contributed by atoms with Crippen molar-refractivity contribution in [1.29, 1.82) is 0 Å². The van der Waals surface area contributed by atoms with E-state index in [1.165, 1.54) is 12.1 Å². The molecular formula is C14H21F2NO. The Labute approximate surface area is 107 Å². The molecule has 4 heteroatoms. The maximum absolute atomic E-state index is 13.5. The lowest BCUT2D eigenvalue weighted by atomic mass is 10.1.